The van der Waals surface area contributed by atoms with E-state index in [-0.39, 0.29) is 30.3 Å². The zero-order valence-electron chi connectivity index (χ0n) is 14.5. The first kappa shape index (κ1) is 18.1. The Morgan fingerprint density at radius 1 is 1.18 bits per heavy atom. The molecule has 2 N–H and O–H groups in total. The molecule has 1 aliphatic heterocycles. The predicted molar refractivity (Wildman–Crippen MR) is 103 cm³/mol. The van der Waals surface area contributed by atoms with E-state index < -0.39 is 16.8 Å². The molecule has 0 unspecified atom stereocenters. The zero-order valence-corrected chi connectivity index (χ0v) is 15.3. The minimum absolute atomic E-state index is 0.0367. The molecule has 28 heavy (non-hydrogen) atoms. The lowest BCUT2D eigenvalue weighted by atomic mass is 10.1. The molecule has 142 valence electrons. The van der Waals surface area contributed by atoms with Crippen molar-refractivity contribution in [2.24, 2.45) is 0 Å². The number of fused-ring (bicyclic) bond motifs is 2. The van der Waals surface area contributed by atoms with E-state index in [4.69, 9.17) is 9.15 Å². The summed E-state index contributed by atoms with van der Waals surface area (Å²) >= 11 is 1.32. The molecule has 2 heterocycles. The first-order chi connectivity index (χ1) is 13.5. The summed E-state index contributed by atoms with van der Waals surface area (Å²) in [5.41, 5.74) is 0.791. The molecule has 1 amide bonds. The molecule has 0 saturated heterocycles. The van der Waals surface area contributed by atoms with Gasteiger partial charge in [0.05, 0.1) is 17.4 Å². The smallest absolute Gasteiger partial charge is 0.336 e. The third-order valence-electron chi connectivity index (χ3n) is 4.26. The van der Waals surface area contributed by atoms with Crippen LogP contribution in [0.1, 0.15) is 12.0 Å². The van der Waals surface area contributed by atoms with Gasteiger partial charge < -0.3 is 19.6 Å². The van der Waals surface area contributed by atoms with Crippen molar-refractivity contribution in [3.63, 3.8) is 0 Å². The largest absolute Gasteiger partial charge is 0.508 e. The van der Waals surface area contributed by atoms with Crippen molar-refractivity contribution in [1.82, 2.24) is 0 Å². The number of carbonyl (C=O) groups excluding carboxylic acids is 2. The van der Waals surface area contributed by atoms with Crippen LogP contribution in [-0.4, -0.2) is 22.2 Å². The molecule has 2 aromatic carbocycles. The summed E-state index contributed by atoms with van der Waals surface area (Å²) in [6.07, 6.45) is -0.0923. The average Bonchev–Trinajstić information content (AvgIpc) is 2.66. The summed E-state index contributed by atoms with van der Waals surface area (Å²) in [7, 11) is 0. The second-order valence-electron chi connectivity index (χ2n) is 6.23. The Balaban J connectivity index is 1.45. The average molecular weight is 397 g/mol. The Bertz CT molecular complexity index is 1140. The number of carbonyl (C=O) groups is 2. The SMILES string of the molecule is O=C(C[C@H]1Sc2ccccc2NC1=O)OCc1cc(=O)oc2cc(O)ccc12. The molecule has 0 spiro atoms. The van der Waals surface area contributed by atoms with E-state index in [1.807, 2.05) is 18.2 Å². The number of amides is 1. The molecule has 0 bridgehead atoms. The van der Waals surface area contributed by atoms with Gasteiger partial charge in [-0.25, -0.2) is 4.79 Å². The van der Waals surface area contributed by atoms with Crippen molar-refractivity contribution in [3.8, 4) is 5.75 Å². The molecule has 0 aliphatic carbocycles. The van der Waals surface area contributed by atoms with Gasteiger partial charge in [0.15, 0.2) is 0 Å². The van der Waals surface area contributed by atoms with E-state index in [0.29, 0.717) is 10.9 Å². The molecule has 3 aromatic rings. The van der Waals surface area contributed by atoms with E-state index in [0.717, 1.165) is 10.6 Å². The highest BCUT2D eigenvalue weighted by Crippen LogP contribution is 2.36. The second kappa shape index (κ2) is 7.40. The molecule has 0 saturated carbocycles. The van der Waals surface area contributed by atoms with E-state index in [1.54, 1.807) is 12.1 Å². The van der Waals surface area contributed by atoms with Gasteiger partial charge in [0.2, 0.25) is 5.91 Å². The quantitative estimate of drug-likeness (QED) is 0.515. The Morgan fingerprint density at radius 2 is 2.00 bits per heavy atom. The van der Waals surface area contributed by atoms with Crippen LogP contribution in [0.3, 0.4) is 0 Å². The number of benzene rings is 2. The number of ether oxygens (including phenoxy) is 1. The fraction of sp³-hybridized carbons (Fsp3) is 0.150. The molecule has 0 fully saturated rings. The van der Waals surface area contributed by atoms with Crippen LogP contribution in [0.4, 0.5) is 5.69 Å². The first-order valence-corrected chi connectivity index (χ1v) is 9.35. The number of hydrogen-bond donors (Lipinski definition) is 2. The number of anilines is 1. The summed E-state index contributed by atoms with van der Waals surface area (Å²) in [5.74, 6) is -0.834. The van der Waals surface area contributed by atoms with Gasteiger partial charge >= 0.3 is 11.6 Å². The molecule has 0 radical (unpaired) electrons. The highest BCUT2D eigenvalue weighted by molar-refractivity contribution is 8.01. The molecule has 7 nitrogen and oxygen atoms in total. The van der Waals surface area contributed by atoms with E-state index >= 15 is 0 Å². The van der Waals surface area contributed by atoms with Gasteiger partial charge in [-0.3, -0.25) is 9.59 Å². The molecule has 1 aliphatic rings. The van der Waals surface area contributed by atoms with Gasteiger partial charge in [-0.2, -0.15) is 0 Å². The number of phenols is 1. The summed E-state index contributed by atoms with van der Waals surface area (Å²) in [6.45, 7) is -0.138. The molecule has 1 aromatic heterocycles. The van der Waals surface area contributed by atoms with Crippen LogP contribution >= 0.6 is 11.8 Å². The topological polar surface area (TPSA) is 106 Å². The van der Waals surface area contributed by atoms with Gasteiger partial charge in [0.1, 0.15) is 17.9 Å². The molecule has 4 rings (SSSR count). The predicted octanol–water partition coefficient (Wildman–Crippen LogP) is 3.04. The number of nitrogens with one attached hydrogen (secondary N) is 1. The molecular formula is C20H15NO6S. The lowest BCUT2D eigenvalue weighted by Gasteiger charge is -2.23. The monoisotopic (exact) mass is 397 g/mol. The Kier molecular flexibility index (Phi) is 4.79. The third kappa shape index (κ3) is 3.72. The van der Waals surface area contributed by atoms with Crippen molar-refractivity contribution < 1.29 is 23.8 Å². The van der Waals surface area contributed by atoms with Crippen molar-refractivity contribution in [2.45, 2.75) is 23.2 Å². The number of aromatic hydroxyl groups is 1. The lowest BCUT2D eigenvalue weighted by Crippen LogP contribution is -2.31. The van der Waals surface area contributed by atoms with E-state index in [2.05, 4.69) is 5.32 Å². The van der Waals surface area contributed by atoms with Gasteiger partial charge in [-0.05, 0) is 24.3 Å². The minimum atomic E-state index is -0.608. The number of para-hydroxylation sites is 1. The standard InChI is InChI=1S/C20H15NO6S/c22-12-5-6-13-11(7-19(24)27-15(13)8-12)10-26-18(23)9-17-20(25)21-14-3-1-2-4-16(14)28-17/h1-8,17,22H,9-10H2,(H,21,25)/t17-/m1/s1. The normalized spacial score (nSPS) is 15.7. The maximum Gasteiger partial charge on any atom is 0.336 e. The molecular weight excluding hydrogens is 382 g/mol. The van der Waals surface area contributed by atoms with Crippen molar-refractivity contribution >= 4 is 40.3 Å². The summed E-state index contributed by atoms with van der Waals surface area (Å²) in [5, 5.41) is 12.3. The number of thioether (sulfide) groups is 1. The Hall–Kier alpha value is -3.26. The van der Waals surface area contributed by atoms with Crippen LogP contribution in [0.25, 0.3) is 11.0 Å². The highest BCUT2D eigenvalue weighted by atomic mass is 32.2. The molecule has 1 atom stereocenters. The van der Waals surface area contributed by atoms with Crippen LogP contribution in [0.5, 0.6) is 5.75 Å². The number of phenolic OH excluding ortho intramolecular Hbond substituents is 1. The van der Waals surface area contributed by atoms with E-state index in [1.165, 1.54) is 30.0 Å². The zero-order chi connectivity index (χ0) is 19.7. The third-order valence-corrected chi connectivity index (χ3v) is 5.54. The summed E-state index contributed by atoms with van der Waals surface area (Å²) in [6, 6.07) is 13.0. The minimum Gasteiger partial charge on any atom is -0.508 e. The maximum atomic E-state index is 12.3. The van der Waals surface area contributed by atoms with Crippen molar-refractivity contribution in [3.05, 3.63) is 64.5 Å². The fourth-order valence-electron chi connectivity index (χ4n) is 2.93. The van der Waals surface area contributed by atoms with E-state index in [9.17, 15) is 19.5 Å². The van der Waals surface area contributed by atoms with Crippen molar-refractivity contribution in [1.29, 1.82) is 0 Å². The number of esters is 1. The Morgan fingerprint density at radius 3 is 2.86 bits per heavy atom. The van der Waals surface area contributed by atoms with Crippen LogP contribution in [0.2, 0.25) is 0 Å². The second-order valence-corrected chi connectivity index (χ2v) is 7.47. The maximum absolute atomic E-state index is 12.3. The van der Waals surface area contributed by atoms with Gasteiger partial charge in [0.25, 0.3) is 0 Å². The van der Waals surface area contributed by atoms with Crippen molar-refractivity contribution in [2.75, 3.05) is 5.32 Å². The first-order valence-electron chi connectivity index (χ1n) is 8.47. The number of rotatable bonds is 4. The molecule has 8 heteroatoms. The number of hydrogen-bond acceptors (Lipinski definition) is 7. The van der Waals surface area contributed by atoms with Crippen LogP contribution < -0.4 is 10.9 Å². The fourth-order valence-corrected chi connectivity index (χ4v) is 4.03. The van der Waals surface area contributed by atoms with Crippen LogP contribution in [0, 0.1) is 0 Å². The lowest BCUT2D eigenvalue weighted by molar-refractivity contribution is -0.145. The van der Waals surface area contributed by atoms with Gasteiger partial charge in [-0.15, -0.1) is 11.8 Å². The highest BCUT2D eigenvalue weighted by Gasteiger charge is 2.29. The van der Waals surface area contributed by atoms with Crippen LogP contribution in [0.15, 0.2) is 62.6 Å². The van der Waals surface area contributed by atoms with Gasteiger partial charge in [0, 0.05) is 28.0 Å². The van der Waals surface area contributed by atoms with Crippen LogP contribution in [-0.2, 0) is 20.9 Å². The summed E-state index contributed by atoms with van der Waals surface area (Å²) in [4.78, 5) is 37.0. The Labute approximate surface area is 163 Å². The summed E-state index contributed by atoms with van der Waals surface area (Å²) < 4.78 is 10.3. The van der Waals surface area contributed by atoms with Gasteiger partial charge in [-0.1, -0.05) is 12.1 Å².